The molecule has 0 aromatic heterocycles. The Morgan fingerprint density at radius 3 is 3.11 bits per heavy atom. The number of carbonyl (C=O) groups is 1. The molecule has 1 amide bonds. The van der Waals surface area contributed by atoms with Gasteiger partial charge in [-0.3, -0.25) is 4.79 Å². The third kappa shape index (κ3) is 3.78. The maximum atomic E-state index is 12.2. The molecular formula is C14H19BrN2O2. The van der Waals surface area contributed by atoms with Gasteiger partial charge in [-0.15, -0.1) is 0 Å². The molecule has 2 N–H and O–H groups in total. The zero-order valence-corrected chi connectivity index (χ0v) is 12.6. The summed E-state index contributed by atoms with van der Waals surface area (Å²) < 4.78 is 6.14. The Morgan fingerprint density at radius 1 is 1.58 bits per heavy atom. The summed E-state index contributed by atoms with van der Waals surface area (Å²) in [5.41, 5.74) is 1.80. The lowest BCUT2D eigenvalue weighted by Crippen LogP contribution is -2.37. The van der Waals surface area contributed by atoms with Gasteiger partial charge < -0.3 is 15.4 Å². The van der Waals surface area contributed by atoms with Gasteiger partial charge in [-0.25, -0.2) is 0 Å². The summed E-state index contributed by atoms with van der Waals surface area (Å²) in [5, 5.41) is 6.27. The molecule has 1 aromatic rings. The summed E-state index contributed by atoms with van der Waals surface area (Å²) in [6.45, 7) is 2.25. The van der Waals surface area contributed by atoms with E-state index >= 15 is 0 Å². The number of carbonyl (C=O) groups excluding carboxylic acids is 1. The Labute approximate surface area is 122 Å². The van der Waals surface area contributed by atoms with E-state index in [1.165, 1.54) is 0 Å². The number of amides is 1. The second-order valence-corrected chi connectivity index (χ2v) is 5.59. The zero-order chi connectivity index (χ0) is 13.7. The van der Waals surface area contributed by atoms with Gasteiger partial charge in [0.05, 0.1) is 12.5 Å². The van der Waals surface area contributed by atoms with Crippen molar-refractivity contribution in [1.29, 1.82) is 0 Å². The largest absolute Gasteiger partial charge is 0.380 e. The number of halogens is 1. The number of hydrogen-bond donors (Lipinski definition) is 2. The number of benzene rings is 1. The molecule has 1 aliphatic rings. The molecule has 1 saturated heterocycles. The van der Waals surface area contributed by atoms with E-state index in [1.54, 1.807) is 7.11 Å². The minimum Gasteiger partial charge on any atom is -0.380 e. The van der Waals surface area contributed by atoms with Crippen LogP contribution in [0, 0.1) is 5.92 Å². The highest BCUT2D eigenvalue weighted by Gasteiger charge is 2.21. The van der Waals surface area contributed by atoms with Crippen molar-refractivity contribution in [3.8, 4) is 0 Å². The second-order valence-electron chi connectivity index (χ2n) is 4.73. The quantitative estimate of drug-likeness (QED) is 0.893. The SMILES string of the molecule is COCc1c(Br)cccc1NC(=O)C1CCCNC1. The fourth-order valence-electron chi connectivity index (χ4n) is 2.28. The number of hydrogen-bond acceptors (Lipinski definition) is 3. The predicted molar refractivity (Wildman–Crippen MR) is 79.1 cm³/mol. The van der Waals surface area contributed by atoms with Gasteiger partial charge in [-0.05, 0) is 31.5 Å². The van der Waals surface area contributed by atoms with Crippen molar-refractivity contribution in [1.82, 2.24) is 5.32 Å². The van der Waals surface area contributed by atoms with E-state index < -0.39 is 0 Å². The van der Waals surface area contributed by atoms with E-state index in [2.05, 4.69) is 26.6 Å². The van der Waals surface area contributed by atoms with E-state index in [4.69, 9.17) is 4.74 Å². The van der Waals surface area contributed by atoms with E-state index in [0.717, 1.165) is 41.7 Å². The van der Waals surface area contributed by atoms with Crippen LogP contribution in [0.3, 0.4) is 0 Å². The molecule has 1 aromatic carbocycles. The lowest BCUT2D eigenvalue weighted by atomic mass is 9.98. The molecular weight excluding hydrogens is 308 g/mol. The zero-order valence-electron chi connectivity index (χ0n) is 11.0. The van der Waals surface area contributed by atoms with Crippen molar-refractivity contribution in [2.45, 2.75) is 19.4 Å². The van der Waals surface area contributed by atoms with Crippen molar-refractivity contribution >= 4 is 27.5 Å². The molecule has 1 atom stereocenters. The minimum absolute atomic E-state index is 0.0585. The third-order valence-electron chi connectivity index (χ3n) is 3.33. The molecule has 1 fully saturated rings. The summed E-state index contributed by atoms with van der Waals surface area (Å²) in [6, 6.07) is 5.78. The number of ether oxygens (including phenoxy) is 1. The number of methoxy groups -OCH3 is 1. The molecule has 4 nitrogen and oxygen atoms in total. The Kier molecular flexibility index (Phi) is 5.36. The first-order chi connectivity index (χ1) is 9.22. The predicted octanol–water partition coefficient (Wildman–Crippen LogP) is 2.53. The minimum atomic E-state index is 0.0585. The third-order valence-corrected chi connectivity index (χ3v) is 4.08. The Hall–Kier alpha value is -0.910. The van der Waals surface area contributed by atoms with Crippen molar-refractivity contribution in [3.05, 3.63) is 28.2 Å². The van der Waals surface area contributed by atoms with Crippen LogP contribution in [0.1, 0.15) is 18.4 Å². The molecule has 5 heteroatoms. The van der Waals surface area contributed by atoms with Crippen LogP contribution in [-0.2, 0) is 16.1 Å². The molecule has 0 aliphatic carbocycles. The molecule has 2 rings (SSSR count). The molecule has 0 saturated carbocycles. The fourth-order valence-corrected chi connectivity index (χ4v) is 2.76. The molecule has 0 bridgehead atoms. The molecule has 1 unspecified atom stereocenters. The summed E-state index contributed by atoms with van der Waals surface area (Å²) in [7, 11) is 1.65. The average Bonchev–Trinajstić information content (AvgIpc) is 2.43. The summed E-state index contributed by atoms with van der Waals surface area (Å²) in [6.07, 6.45) is 2.01. The van der Waals surface area contributed by atoms with Gasteiger partial charge in [0.25, 0.3) is 0 Å². The van der Waals surface area contributed by atoms with Crippen molar-refractivity contribution < 1.29 is 9.53 Å². The first-order valence-electron chi connectivity index (χ1n) is 6.50. The maximum absolute atomic E-state index is 12.2. The van der Waals surface area contributed by atoms with Crippen LogP contribution in [0.2, 0.25) is 0 Å². The normalized spacial score (nSPS) is 19.2. The number of piperidine rings is 1. The van der Waals surface area contributed by atoms with Gasteiger partial charge >= 0.3 is 0 Å². The van der Waals surface area contributed by atoms with Gasteiger partial charge in [-0.2, -0.15) is 0 Å². The standard InChI is InChI=1S/C14H19BrN2O2/c1-19-9-11-12(15)5-2-6-13(11)17-14(18)10-4-3-7-16-8-10/h2,5-6,10,16H,3-4,7-9H2,1H3,(H,17,18). The topological polar surface area (TPSA) is 50.4 Å². The smallest absolute Gasteiger partial charge is 0.228 e. The van der Waals surface area contributed by atoms with Crippen LogP contribution in [0.25, 0.3) is 0 Å². The number of nitrogens with one attached hydrogen (secondary N) is 2. The van der Waals surface area contributed by atoms with Crippen LogP contribution in [0.4, 0.5) is 5.69 Å². The van der Waals surface area contributed by atoms with Crippen LogP contribution in [0.15, 0.2) is 22.7 Å². The highest BCUT2D eigenvalue weighted by molar-refractivity contribution is 9.10. The van der Waals surface area contributed by atoms with E-state index in [1.807, 2.05) is 18.2 Å². The van der Waals surface area contributed by atoms with Gasteiger partial charge in [0.15, 0.2) is 0 Å². The number of rotatable bonds is 4. The van der Waals surface area contributed by atoms with E-state index in [0.29, 0.717) is 6.61 Å². The van der Waals surface area contributed by atoms with Crippen molar-refractivity contribution in [2.24, 2.45) is 5.92 Å². The molecule has 1 heterocycles. The summed E-state index contributed by atoms with van der Waals surface area (Å²) in [5.74, 6) is 0.144. The lowest BCUT2D eigenvalue weighted by Gasteiger charge is -2.22. The van der Waals surface area contributed by atoms with Crippen molar-refractivity contribution in [3.63, 3.8) is 0 Å². The highest BCUT2D eigenvalue weighted by atomic mass is 79.9. The van der Waals surface area contributed by atoms with E-state index in [-0.39, 0.29) is 11.8 Å². The van der Waals surface area contributed by atoms with Gasteiger partial charge in [0.2, 0.25) is 5.91 Å². The van der Waals surface area contributed by atoms with Crippen LogP contribution in [0.5, 0.6) is 0 Å². The second kappa shape index (κ2) is 7.03. The Morgan fingerprint density at radius 2 is 2.42 bits per heavy atom. The first kappa shape index (κ1) is 14.5. The monoisotopic (exact) mass is 326 g/mol. The molecule has 104 valence electrons. The first-order valence-corrected chi connectivity index (χ1v) is 7.29. The lowest BCUT2D eigenvalue weighted by molar-refractivity contribution is -0.120. The highest BCUT2D eigenvalue weighted by Crippen LogP contribution is 2.26. The van der Waals surface area contributed by atoms with Crippen LogP contribution >= 0.6 is 15.9 Å². The summed E-state index contributed by atoms with van der Waals surface area (Å²) >= 11 is 3.49. The Balaban J connectivity index is 2.09. The van der Waals surface area contributed by atoms with Crippen LogP contribution in [-0.4, -0.2) is 26.1 Å². The maximum Gasteiger partial charge on any atom is 0.228 e. The fraction of sp³-hybridized carbons (Fsp3) is 0.500. The van der Waals surface area contributed by atoms with E-state index in [9.17, 15) is 4.79 Å². The Bertz CT molecular complexity index is 445. The van der Waals surface area contributed by atoms with Crippen LogP contribution < -0.4 is 10.6 Å². The molecule has 0 spiro atoms. The number of anilines is 1. The molecule has 19 heavy (non-hydrogen) atoms. The van der Waals surface area contributed by atoms with Gasteiger partial charge in [0, 0.05) is 29.4 Å². The van der Waals surface area contributed by atoms with Crippen molar-refractivity contribution in [2.75, 3.05) is 25.5 Å². The van der Waals surface area contributed by atoms with Gasteiger partial charge in [-0.1, -0.05) is 22.0 Å². The molecule has 1 aliphatic heterocycles. The summed E-state index contributed by atoms with van der Waals surface area (Å²) in [4.78, 5) is 12.2. The average molecular weight is 327 g/mol. The molecule has 0 radical (unpaired) electrons. The van der Waals surface area contributed by atoms with Gasteiger partial charge in [0.1, 0.15) is 0 Å².